The van der Waals surface area contributed by atoms with Gasteiger partial charge in [-0.1, -0.05) is 6.58 Å². The number of carboxylic acid groups (broad SMARTS) is 2. The molecule has 0 aromatic rings. The van der Waals surface area contributed by atoms with Crippen LogP contribution in [0.2, 0.25) is 0 Å². The first-order valence-corrected chi connectivity index (χ1v) is 4.36. The number of carboxylic acids is 2. The Morgan fingerprint density at radius 1 is 1.38 bits per heavy atom. The predicted octanol–water partition coefficient (Wildman–Crippen LogP) is 0.590. The van der Waals surface area contributed by atoms with Crippen molar-refractivity contribution in [2.45, 2.75) is 19.4 Å². The monoisotopic (exact) mass is 228 g/mol. The van der Waals surface area contributed by atoms with Crippen molar-refractivity contribution in [1.29, 1.82) is 0 Å². The number of rotatable bonds is 6. The lowest BCUT2D eigenvalue weighted by molar-refractivity contribution is -0.143. The van der Waals surface area contributed by atoms with Crippen LogP contribution in [-0.4, -0.2) is 34.2 Å². The summed E-state index contributed by atoms with van der Waals surface area (Å²) in [6.07, 6.45) is 0.604. The van der Waals surface area contributed by atoms with Gasteiger partial charge in [-0.05, 0) is 6.92 Å². The van der Waals surface area contributed by atoms with E-state index in [1.807, 2.05) is 0 Å². The summed E-state index contributed by atoms with van der Waals surface area (Å²) in [6.45, 7) is 4.64. The third-order valence-corrected chi connectivity index (χ3v) is 1.56. The Labute approximate surface area is 91.8 Å². The predicted molar refractivity (Wildman–Crippen MR) is 53.7 cm³/mol. The topological polar surface area (TPSA) is 101 Å². The molecule has 0 amide bonds. The first kappa shape index (κ1) is 13.9. The van der Waals surface area contributed by atoms with Gasteiger partial charge in [-0.25, -0.2) is 14.4 Å². The smallest absolute Gasteiger partial charge is 0.331 e. The highest BCUT2D eigenvalue weighted by molar-refractivity contribution is 5.94. The summed E-state index contributed by atoms with van der Waals surface area (Å²) < 4.78 is 4.71. The number of carbonyl (C=O) groups excluding carboxylic acids is 1. The number of aliphatic carboxylic acids is 2. The molecule has 6 nitrogen and oxygen atoms in total. The van der Waals surface area contributed by atoms with Crippen LogP contribution in [0.4, 0.5) is 0 Å². The van der Waals surface area contributed by atoms with Crippen LogP contribution >= 0.6 is 0 Å². The lowest BCUT2D eigenvalue weighted by atomic mass is 10.1. The van der Waals surface area contributed by atoms with E-state index in [0.717, 1.165) is 6.08 Å². The third kappa shape index (κ3) is 5.58. The van der Waals surface area contributed by atoms with Gasteiger partial charge in [0, 0.05) is 24.1 Å². The summed E-state index contributed by atoms with van der Waals surface area (Å²) in [6, 6.07) is 0. The van der Waals surface area contributed by atoms with E-state index in [1.54, 1.807) is 0 Å². The molecular formula is C10H12O6. The van der Waals surface area contributed by atoms with E-state index < -0.39 is 24.0 Å². The maximum absolute atomic E-state index is 10.8. The van der Waals surface area contributed by atoms with Gasteiger partial charge in [0.1, 0.15) is 6.10 Å². The molecule has 0 rings (SSSR count). The van der Waals surface area contributed by atoms with Crippen LogP contribution < -0.4 is 0 Å². The molecule has 0 saturated carbocycles. The Bertz CT molecular complexity index is 341. The fraction of sp³-hybridized carbons (Fsp3) is 0.300. The molecule has 0 aliphatic heterocycles. The lowest BCUT2D eigenvalue weighted by Gasteiger charge is -2.11. The second kappa shape index (κ2) is 6.39. The van der Waals surface area contributed by atoms with E-state index in [4.69, 9.17) is 14.9 Å². The zero-order valence-electron chi connectivity index (χ0n) is 8.67. The molecule has 0 heterocycles. The fourth-order valence-electron chi connectivity index (χ4n) is 0.955. The third-order valence-electron chi connectivity index (χ3n) is 1.56. The second-order valence-electron chi connectivity index (χ2n) is 2.97. The van der Waals surface area contributed by atoms with Crippen LogP contribution in [0, 0.1) is 0 Å². The molecule has 6 heteroatoms. The molecule has 0 aliphatic carbocycles. The minimum atomic E-state index is -1.36. The Kier molecular flexibility index (Phi) is 5.55. The molecule has 0 aromatic heterocycles. The summed E-state index contributed by atoms with van der Waals surface area (Å²) >= 11 is 0. The van der Waals surface area contributed by atoms with Crippen molar-refractivity contribution in [2.24, 2.45) is 0 Å². The Hall–Kier alpha value is -2.11. The summed E-state index contributed by atoms with van der Waals surface area (Å²) in [5.41, 5.74) is -0.336. The van der Waals surface area contributed by atoms with Gasteiger partial charge in [0.15, 0.2) is 0 Å². The van der Waals surface area contributed by atoms with Crippen LogP contribution in [0.25, 0.3) is 0 Å². The number of ether oxygens (including phenoxy) is 1. The van der Waals surface area contributed by atoms with Crippen molar-refractivity contribution in [2.75, 3.05) is 0 Å². The van der Waals surface area contributed by atoms with Crippen LogP contribution in [0.1, 0.15) is 13.3 Å². The van der Waals surface area contributed by atoms with Crippen LogP contribution in [-0.2, 0) is 19.1 Å². The first-order chi connectivity index (χ1) is 7.36. The molecule has 1 atom stereocenters. The quantitative estimate of drug-likeness (QED) is 0.509. The van der Waals surface area contributed by atoms with Gasteiger partial charge < -0.3 is 14.9 Å². The van der Waals surface area contributed by atoms with E-state index in [0.29, 0.717) is 6.08 Å². The summed E-state index contributed by atoms with van der Waals surface area (Å²) in [7, 11) is 0. The number of esters is 1. The Balaban J connectivity index is 4.53. The van der Waals surface area contributed by atoms with E-state index in [-0.39, 0.29) is 12.0 Å². The zero-order valence-corrected chi connectivity index (χ0v) is 8.67. The molecule has 0 fully saturated rings. The molecule has 0 spiro atoms. The normalized spacial score (nSPS) is 12.7. The van der Waals surface area contributed by atoms with Crippen LogP contribution in [0.5, 0.6) is 0 Å². The Morgan fingerprint density at radius 3 is 2.31 bits per heavy atom. The van der Waals surface area contributed by atoms with Gasteiger partial charge in [-0.3, -0.25) is 0 Å². The average Bonchev–Trinajstić information content (AvgIpc) is 2.15. The summed E-state index contributed by atoms with van der Waals surface area (Å²) in [5, 5.41) is 17.1. The van der Waals surface area contributed by atoms with E-state index in [1.165, 1.54) is 6.92 Å². The highest BCUT2D eigenvalue weighted by Gasteiger charge is 2.15. The van der Waals surface area contributed by atoms with Gasteiger partial charge in [0.2, 0.25) is 0 Å². The molecule has 0 saturated heterocycles. The van der Waals surface area contributed by atoms with E-state index >= 15 is 0 Å². The summed E-state index contributed by atoms with van der Waals surface area (Å²) in [5.74, 6) is -3.41. The molecule has 0 aliphatic rings. The van der Waals surface area contributed by atoms with Gasteiger partial charge >= 0.3 is 17.9 Å². The van der Waals surface area contributed by atoms with Crippen molar-refractivity contribution in [3.63, 3.8) is 0 Å². The van der Waals surface area contributed by atoms with E-state index in [9.17, 15) is 14.4 Å². The second-order valence-corrected chi connectivity index (χ2v) is 2.97. The molecule has 0 bridgehead atoms. The van der Waals surface area contributed by atoms with Crippen LogP contribution in [0.3, 0.4) is 0 Å². The number of carbonyl (C=O) groups is 3. The maximum atomic E-state index is 10.8. The lowest BCUT2D eigenvalue weighted by Crippen LogP contribution is -2.17. The van der Waals surface area contributed by atoms with Crippen molar-refractivity contribution < 1.29 is 29.3 Å². The van der Waals surface area contributed by atoms with Gasteiger partial charge in [0.25, 0.3) is 0 Å². The molecular weight excluding hydrogens is 216 g/mol. The first-order valence-electron chi connectivity index (χ1n) is 4.36. The average molecular weight is 228 g/mol. The minimum absolute atomic E-state index is 0.179. The SMILES string of the molecule is C=CC(=O)OC(C)C/C(=C/C(=O)O)C(=O)O. The van der Waals surface area contributed by atoms with Crippen molar-refractivity contribution in [1.82, 2.24) is 0 Å². The fourth-order valence-corrected chi connectivity index (χ4v) is 0.955. The van der Waals surface area contributed by atoms with Gasteiger partial charge in [-0.15, -0.1) is 0 Å². The molecule has 88 valence electrons. The molecule has 16 heavy (non-hydrogen) atoms. The molecule has 0 aromatic carbocycles. The van der Waals surface area contributed by atoms with Gasteiger partial charge in [0.05, 0.1) is 0 Å². The van der Waals surface area contributed by atoms with E-state index in [2.05, 4.69) is 6.58 Å². The van der Waals surface area contributed by atoms with Crippen molar-refractivity contribution in [3.05, 3.63) is 24.3 Å². The minimum Gasteiger partial charge on any atom is -0.478 e. The number of hydrogen-bond acceptors (Lipinski definition) is 4. The molecule has 0 radical (unpaired) electrons. The maximum Gasteiger partial charge on any atom is 0.331 e. The van der Waals surface area contributed by atoms with Crippen molar-refractivity contribution >= 4 is 17.9 Å². The summed E-state index contributed by atoms with van der Waals surface area (Å²) in [4.78, 5) is 31.7. The highest BCUT2D eigenvalue weighted by atomic mass is 16.5. The highest BCUT2D eigenvalue weighted by Crippen LogP contribution is 2.09. The largest absolute Gasteiger partial charge is 0.478 e. The van der Waals surface area contributed by atoms with Crippen LogP contribution in [0.15, 0.2) is 24.3 Å². The zero-order chi connectivity index (χ0) is 12.7. The van der Waals surface area contributed by atoms with Crippen molar-refractivity contribution in [3.8, 4) is 0 Å². The number of hydrogen-bond donors (Lipinski definition) is 2. The standard InChI is InChI=1S/C10H12O6/c1-3-9(13)16-6(2)4-7(10(14)15)5-8(11)12/h3,5-6H,1,4H2,2H3,(H,11,12)(H,14,15)/b7-5-. The molecule has 2 N–H and O–H groups in total. The van der Waals surface area contributed by atoms with Gasteiger partial charge in [-0.2, -0.15) is 0 Å². The molecule has 1 unspecified atom stereocenters. The Morgan fingerprint density at radius 2 is 1.94 bits per heavy atom.